The van der Waals surface area contributed by atoms with Crippen molar-refractivity contribution >= 4 is 22.7 Å². The SMILES string of the molecule is CC(C)(C)OC(=O)N[C@H]1CCN(c2cccc3c2cnn3-c2ccc(F)cc2)C1. The Morgan fingerprint density at radius 1 is 1.21 bits per heavy atom. The number of benzene rings is 2. The number of nitrogens with zero attached hydrogens (tertiary/aromatic N) is 3. The number of carbonyl (C=O) groups excluding carboxylic acids is 1. The zero-order valence-electron chi connectivity index (χ0n) is 16.9. The molecular formula is C22H25FN4O2. The topological polar surface area (TPSA) is 59.4 Å². The van der Waals surface area contributed by atoms with Crippen molar-refractivity contribution < 1.29 is 13.9 Å². The second kappa shape index (κ2) is 7.39. The molecule has 1 aliphatic rings. The summed E-state index contributed by atoms with van der Waals surface area (Å²) in [6, 6.07) is 12.4. The van der Waals surface area contributed by atoms with Gasteiger partial charge in [0.15, 0.2) is 0 Å². The third-order valence-electron chi connectivity index (χ3n) is 4.91. The number of carbonyl (C=O) groups is 1. The van der Waals surface area contributed by atoms with Gasteiger partial charge in [-0.3, -0.25) is 0 Å². The van der Waals surface area contributed by atoms with Gasteiger partial charge in [0.1, 0.15) is 11.4 Å². The molecule has 2 aromatic carbocycles. The van der Waals surface area contributed by atoms with E-state index in [-0.39, 0.29) is 18.0 Å². The van der Waals surface area contributed by atoms with Crippen LogP contribution in [0.25, 0.3) is 16.6 Å². The lowest BCUT2D eigenvalue weighted by Gasteiger charge is -2.22. The van der Waals surface area contributed by atoms with E-state index in [1.165, 1.54) is 12.1 Å². The van der Waals surface area contributed by atoms with E-state index in [1.54, 1.807) is 12.1 Å². The van der Waals surface area contributed by atoms with E-state index in [9.17, 15) is 9.18 Å². The van der Waals surface area contributed by atoms with Crippen molar-refractivity contribution in [3.8, 4) is 5.69 Å². The van der Waals surface area contributed by atoms with Crippen molar-refractivity contribution in [3.05, 3.63) is 54.5 Å². The molecule has 0 bridgehead atoms. The van der Waals surface area contributed by atoms with Crippen LogP contribution in [0.2, 0.25) is 0 Å². The Labute approximate surface area is 169 Å². The maximum Gasteiger partial charge on any atom is 0.407 e. The summed E-state index contributed by atoms with van der Waals surface area (Å²) >= 11 is 0. The quantitative estimate of drug-likeness (QED) is 0.718. The summed E-state index contributed by atoms with van der Waals surface area (Å²) in [6.07, 6.45) is 2.30. The Hall–Kier alpha value is -3.09. The fraction of sp³-hybridized carbons (Fsp3) is 0.364. The number of halogens is 1. The van der Waals surface area contributed by atoms with Crippen LogP contribution in [0.3, 0.4) is 0 Å². The number of hydrogen-bond donors (Lipinski definition) is 1. The number of anilines is 1. The highest BCUT2D eigenvalue weighted by Crippen LogP contribution is 2.30. The summed E-state index contributed by atoms with van der Waals surface area (Å²) in [5.74, 6) is -0.272. The van der Waals surface area contributed by atoms with E-state index in [4.69, 9.17) is 4.74 Å². The van der Waals surface area contributed by atoms with Crippen molar-refractivity contribution in [2.24, 2.45) is 0 Å². The van der Waals surface area contributed by atoms with Gasteiger partial charge in [-0.25, -0.2) is 13.9 Å². The van der Waals surface area contributed by atoms with Crippen LogP contribution < -0.4 is 10.2 Å². The Kier molecular flexibility index (Phi) is 4.90. The number of fused-ring (bicyclic) bond motifs is 1. The highest BCUT2D eigenvalue weighted by atomic mass is 19.1. The average molecular weight is 396 g/mol. The highest BCUT2D eigenvalue weighted by Gasteiger charge is 2.27. The summed E-state index contributed by atoms with van der Waals surface area (Å²) in [5.41, 5.74) is 2.33. The molecule has 1 amide bonds. The van der Waals surface area contributed by atoms with E-state index >= 15 is 0 Å². The van der Waals surface area contributed by atoms with Crippen molar-refractivity contribution in [1.29, 1.82) is 0 Å². The number of aromatic nitrogens is 2. The van der Waals surface area contributed by atoms with E-state index in [0.29, 0.717) is 6.54 Å². The molecule has 7 heteroatoms. The Bertz CT molecular complexity index is 1020. The summed E-state index contributed by atoms with van der Waals surface area (Å²) in [7, 11) is 0. The maximum absolute atomic E-state index is 13.3. The van der Waals surface area contributed by atoms with Crippen LogP contribution in [-0.2, 0) is 4.74 Å². The first-order valence-electron chi connectivity index (χ1n) is 9.77. The Balaban J connectivity index is 1.53. The van der Waals surface area contributed by atoms with Crippen LogP contribution >= 0.6 is 0 Å². The molecule has 0 unspecified atom stereocenters. The van der Waals surface area contributed by atoms with Gasteiger partial charge in [-0.2, -0.15) is 5.10 Å². The lowest BCUT2D eigenvalue weighted by atomic mass is 10.2. The number of rotatable bonds is 3. The predicted molar refractivity (Wildman–Crippen MR) is 111 cm³/mol. The van der Waals surface area contributed by atoms with Gasteiger partial charge in [-0.05, 0) is 63.6 Å². The van der Waals surface area contributed by atoms with Crippen LogP contribution in [0.1, 0.15) is 27.2 Å². The van der Waals surface area contributed by atoms with Gasteiger partial charge in [0.25, 0.3) is 0 Å². The van der Waals surface area contributed by atoms with Crippen LogP contribution in [-0.4, -0.2) is 40.6 Å². The molecule has 1 atom stereocenters. The van der Waals surface area contributed by atoms with Gasteiger partial charge in [-0.1, -0.05) is 6.07 Å². The molecule has 0 aliphatic carbocycles. The van der Waals surface area contributed by atoms with Crippen LogP contribution in [0.15, 0.2) is 48.7 Å². The van der Waals surface area contributed by atoms with Gasteiger partial charge in [0.05, 0.1) is 23.4 Å². The standard InChI is InChI=1S/C22H25FN4O2/c1-22(2,3)29-21(28)25-16-11-12-26(14-16)19-5-4-6-20-18(19)13-24-27(20)17-9-7-15(23)8-10-17/h4-10,13,16H,11-12,14H2,1-3H3,(H,25,28)/t16-/m0/s1. The largest absolute Gasteiger partial charge is 0.444 e. The molecule has 0 saturated carbocycles. The lowest BCUT2D eigenvalue weighted by molar-refractivity contribution is 0.0509. The second-order valence-corrected chi connectivity index (χ2v) is 8.32. The zero-order valence-corrected chi connectivity index (χ0v) is 16.9. The fourth-order valence-corrected chi connectivity index (χ4v) is 3.67. The van der Waals surface area contributed by atoms with E-state index in [2.05, 4.69) is 21.4 Å². The summed E-state index contributed by atoms with van der Waals surface area (Å²) in [6.45, 7) is 7.11. The number of nitrogens with one attached hydrogen (secondary N) is 1. The van der Waals surface area contributed by atoms with Crippen LogP contribution in [0.5, 0.6) is 0 Å². The second-order valence-electron chi connectivity index (χ2n) is 8.32. The van der Waals surface area contributed by atoms with Crippen molar-refractivity contribution in [1.82, 2.24) is 15.1 Å². The first-order valence-corrected chi connectivity index (χ1v) is 9.77. The van der Waals surface area contributed by atoms with Gasteiger partial charge in [-0.15, -0.1) is 0 Å². The maximum atomic E-state index is 13.3. The summed E-state index contributed by atoms with van der Waals surface area (Å²) < 4.78 is 20.4. The molecular weight excluding hydrogens is 371 g/mol. The molecule has 4 rings (SSSR count). The summed E-state index contributed by atoms with van der Waals surface area (Å²) in [4.78, 5) is 14.3. The first kappa shape index (κ1) is 19.2. The first-order chi connectivity index (χ1) is 13.8. The molecule has 1 fully saturated rings. The van der Waals surface area contributed by atoms with E-state index in [0.717, 1.165) is 35.2 Å². The number of ether oxygens (including phenoxy) is 1. The number of hydrogen-bond acceptors (Lipinski definition) is 4. The van der Waals surface area contributed by atoms with Gasteiger partial charge < -0.3 is 15.0 Å². The minimum atomic E-state index is -0.511. The molecule has 3 aromatic rings. The minimum Gasteiger partial charge on any atom is -0.444 e. The molecule has 1 aliphatic heterocycles. The molecule has 152 valence electrons. The lowest BCUT2D eigenvalue weighted by Crippen LogP contribution is -2.40. The minimum absolute atomic E-state index is 0.0345. The molecule has 1 aromatic heterocycles. The molecule has 0 radical (unpaired) electrons. The normalized spacial score (nSPS) is 17.0. The third-order valence-corrected chi connectivity index (χ3v) is 4.91. The summed E-state index contributed by atoms with van der Waals surface area (Å²) in [5, 5.41) is 8.50. The van der Waals surface area contributed by atoms with Crippen molar-refractivity contribution in [2.45, 2.75) is 38.8 Å². The fourth-order valence-electron chi connectivity index (χ4n) is 3.67. The van der Waals surface area contributed by atoms with Crippen LogP contribution in [0.4, 0.5) is 14.9 Å². The molecule has 6 nitrogen and oxygen atoms in total. The average Bonchev–Trinajstić information content (AvgIpc) is 3.27. The van der Waals surface area contributed by atoms with E-state index in [1.807, 2.05) is 43.8 Å². The predicted octanol–water partition coefficient (Wildman–Crippen LogP) is 4.27. The van der Waals surface area contributed by atoms with Gasteiger partial charge in [0, 0.05) is 24.2 Å². The van der Waals surface area contributed by atoms with E-state index < -0.39 is 5.60 Å². The Morgan fingerprint density at radius 3 is 2.69 bits per heavy atom. The monoisotopic (exact) mass is 396 g/mol. The van der Waals surface area contributed by atoms with Gasteiger partial charge in [0.2, 0.25) is 0 Å². The van der Waals surface area contributed by atoms with Gasteiger partial charge >= 0.3 is 6.09 Å². The Morgan fingerprint density at radius 2 is 1.97 bits per heavy atom. The number of amides is 1. The number of alkyl carbamates (subject to hydrolysis) is 1. The molecule has 29 heavy (non-hydrogen) atoms. The highest BCUT2D eigenvalue weighted by molar-refractivity contribution is 5.93. The molecule has 0 spiro atoms. The van der Waals surface area contributed by atoms with Crippen molar-refractivity contribution in [3.63, 3.8) is 0 Å². The smallest absolute Gasteiger partial charge is 0.407 e. The zero-order chi connectivity index (χ0) is 20.6. The molecule has 1 saturated heterocycles. The molecule has 1 N–H and O–H groups in total. The third kappa shape index (κ3) is 4.18. The molecule has 2 heterocycles. The van der Waals surface area contributed by atoms with Crippen molar-refractivity contribution in [2.75, 3.05) is 18.0 Å². The van der Waals surface area contributed by atoms with Crippen LogP contribution in [0, 0.1) is 5.82 Å².